The van der Waals surface area contributed by atoms with Crippen LogP contribution in [0.25, 0.3) is 22.4 Å². The number of hydrogen-bond donors (Lipinski definition) is 3. The zero-order valence-electron chi connectivity index (χ0n) is 20.5. The number of rotatable bonds is 8. The van der Waals surface area contributed by atoms with Gasteiger partial charge < -0.3 is 24.8 Å². The van der Waals surface area contributed by atoms with Crippen LogP contribution in [-0.2, 0) is 16.1 Å². The monoisotopic (exact) mass is 483 g/mol. The van der Waals surface area contributed by atoms with Crippen molar-refractivity contribution in [1.82, 2.24) is 25.0 Å². The molecular weight excluding hydrogens is 450 g/mol. The number of carbonyl (C=O) groups is 2. The first-order valence-corrected chi connectivity index (χ1v) is 12.0. The molecule has 1 aliphatic rings. The third-order valence-corrected chi connectivity index (χ3v) is 6.94. The Labute approximate surface area is 203 Å². The average Bonchev–Trinajstić information content (AvgIpc) is 3.60. The van der Waals surface area contributed by atoms with Gasteiger partial charge >= 0.3 is 0 Å². The summed E-state index contributed by atoms with van der Waals surface area (Å²) in [5.74, 6) is -0.747. The van der Waals surface area contributed by atoms with Crippen LogP contribution < -0.4 is 5.32 Å². The van der Waals surface area contributed by atoms with Gasteiger partial charge in [0.05, 0.1) is 24.4 Å². The van der Waals surface area contributed by atoms with E-state index in [1.165, 1.54) is 11.3 Å². The van der Waals surface area contributed by atoms with E-state index in [4.69, 9.17) is 4.42 Å². The molecule has 2 amide bonds. The fraction of sp³-hybridized carbons (Fsp3) is 0.520. The predicted octanol–water partition coefficient (Wildman–Crippen LogP) is 2.11. The van der Waals surface area contributed by atoms with Crippen molar-refractivity contribution in [2.75, 3.05) is 13.2 Å². The first-order chi connectivity index (χ1) is 16.8. The van der Waals surface area contributed by atoms with Crippen molar-refractivity contribution in [2.24, 2.45) is 11.8 Å². The first-order valence-electron chi connectivity index (χ1n) is 12.0. The maximum Gasteiger partial charge on any atom is 0.243 e. The topological polar surface area (TPSA) is 134 Å². The summed E-state index contributed by atoms with van der Waals surface area (Å²) in [6.45, 7) is 8.16. The SMILES string of the molecule is CCn1nccc1-c1ccc(C(CO)NC(=O)C2CC(O)CN2C(=O)C(C)C(C)C)c2ncoc12. The van der Waals surface area contributed by atoms with E-state index in [1.807, 2.05) is 50.6 Å². The van der Waals surface area contributed by atoms with Crippen molar-refractivity contribution in [3.8, 4) is 11.3 Å². The first kappa shape index (κ1) is 24.9. The minimum absolute atomic E-state index is 0.108. The lowest BCUT2D eigenvalue weighted by Crippen LogP contribution is -2.49. The summed E-state index contributed by atoms with van der Waals surface area (Å²) < 4.78 is 7.54. The number of aliphatic hydroxyl groups excluding tert-OH is 2. The number of benzene rings is 1. The predicted molar refractivity (Wildman–Crippen MR) is 129 cm³/mol. The van der Waals surface area contributed by atoms with Crippen molar-refractivity contribution in [2.45, 2.75) is 58.8 Å². The standard InChI is InChI=1S/C25H33N5O5/c1-5-30-20(8-9-27-30)18-7-6-17(22-23(18)35-13-26-22)19(12-31)28-24(33)21-10-16(32)11-29(21)25(34)15(4)14(2)3/h6-9,13-16,19,21,31-32H,5,10-12H2,1-4H3,(H,28,33). The van der Waals surface area contributed by atoms with Gasteiger partial charge in [0.15, 0.2) is 12.0 Å². The molecule has 0 spiro atoms. The smallest absolute Gasteiger partial charge is 0.243 e. The van der Waals surface area contributed by atoms with E-state index in [0.29, 0.717) is 23.2 Å². The van der Waals surface area contributed by atoms with Gasteiger partial charge in [0, 0.05) is 42.8 Å². The van der Waals surface area contributed by atoms with Gasteiger partial charge in [0.1, 0.15) is 11.6 Å². The lowest BCUT2D eigenvalue weighted by atomic mass is 9.96. The van der Waals surface area contributed by atoms with Crippen molar-refractivity contribution in [3.63, 3.8) is 0 Å². The summed E-state index contributed by atoms with van der Waals surface area (Å²) >= 11 is 0. The molecule has 1 aliphatic heterocycles. The van der Waals surface area contributed by atoms with Gasteiger partial charge in [-0.1, -0.05) is 26.8 Å². The van der Waals surface area contributed by atoms with Gasteiger partial charge in [-0.15, -0.1) is 0 Å². The number of β-amino-alcohol motifs (C(OH)–C–C–N with tert-alkyl or cyclic N) is 1. The number of oxazole rings is 1. The molecule has 4 rings (SSSR count). The molecule has 3 aromatic rings. The van der Waals surface area contributed by atoms with Crippen LogP contribution in [-0.4, -0.2) is 67.0 Å². The minimum Gasteiger partial charge on any atom is -0.443 e. The molecule has 4 unspecified atom stereocenters. The number of fused-ring (bicyclic) bond motifs is 1. The van der Waals surface area contributed by atoms with Gasteiger partial charge in [-0.3, -0.25) is 14.3 Å². The van der Waals surface area contributed by atoms with E-state index in [2.05, 4.69) is 15.4 Å². The van der Waals surface area contributed by atoms with Crippen LogP contribution in [0.5, 0.6) is 0 Å². The molecule has 0 bridgehead atoms. The summed E-state index contributed by atoms with van der Waals surface area (Å²) in [6, 6.07) is 3.99. The minimum atomic E-state index is -0.807. The Morgan fingerprint density at radius 3 is 2.71 bits per heavy atom. The van der Waals surface area contributed by atoms with Gasteiger partial charge in [-0.25, -0.2) is 4.98 Å². The molecule has 1 fully saturated rings. The highest BCUT2D eigenvalue weighted by molar-refractivity contribution is 5.93. The van der Waals surface area contributed by atoms with E-state index < -0.39 is 24.1 Å². The maximum absolute atomic E-state index is 13.3. The lowest BCUT2D eigenvalue weighted by molar-refractivity contribution is -0.142. The Hall–Kier alpha value is -3.24. The van der Waals surface area contributed by atoms with E-state index in [0.717, 1.165) is 11.3 Å². The van der Waals surface area contributed by atoms with Gasteiger partial charge in [0.25, 0.3) is 0 Å². The largest absolute Gasteiger partial charge is 0.443 e. The van der Waals surface area contributed by atoms with E-state index in [9.17, 15) is 19.8 Å². The fourth-order valence-corrected chi connectivity index (χ4v) is 4.61. The number of hydrogen-bond acceptors (Lipinski definition) is 7. The number of aliphatic hydroxyl groups is 2. The third kappa shape index (κ3) is 4.68. The van der Waals surface area contributed by atoms with Crippen molar-refractivity contribution < 1.29 is 24.2 Å². The number of nitrogens with one attached hydrogen (secondary N) is 1. The summed E-state index contributed by atoms with van der Waals surface area (Å²) in [5.41, 5.74) is 3.34. The van der Waals surface area contributed by atoms with E-state index in [-0.39, 0.29) is 37.3 Å². The van der Waals surface area contributed by atoms with Crippen LogP contribution in [0.1, 0.15) is 45.7 Å². The molecule has 188 valence electrons. The maximum atomic E-state index is 13.3. The molecule has 3 N–H and O–H groups in total. The second-order valence-corrected chi connectivity index (χ2v) is 9.44. The molecule has 1 aromatic carbocycles. The van der Waals surface area contributed by atoms with Crippen LogP contribution >= 0.6 is 0 Å². The third-order valence-electron chi connectivity index (χ3n) is 6.94. The van der Waals surface area contributed by atoms with E-state index >= 15 is 0 Å². The Morgan fingerprint density at radius 2 is 2.03 bits per heavy atom. The molecule has 0 aliphatic carbocycles. The quantitative estimate of drug-likeness (QED) is 0.447. The Balaban J connectivity index is 1.60. The van der Waals surface area contributed by atoms with Crippen molar-refractivity contribution >= 4 is 22.9 Å². The van der Waals surface area contributed by atoms with Crippen molar-refractivity contribution in [1.29, 1.82) is 0 Å². The number of carbonyl (C=O) groups excluding carboxylic acids is 2. The summed E-state index contributed by atoms with van der Waals surface area (Å²) in [5, 5.41) is 27.6. The Kier molecular flexibility index (Phi) is 7.23. The van der Waals surface area contributed by atoms with Gasteiger partial charge in [-0.2, -0.15) is 5.10 Å². The average molecular weight is 484 g/mol. The highest BCUT2D eigenvalue weighted by Crippen LogP contribution is 2.33. The number of aryl methyl sites for hydroxylation is 1. The molecule has 35 heavy (non-hydrogen) atoms. The number of amides is 2. The van der Waals surface area contributed by atoms with Crippen molar-refractivity contribution in [3.05, 3.63) is 36.4 Å². The fourth-order valence-electron chi connectivity index (χ4n) is 4.61. The zero-order chi connectivity index (χ0) is 25.3. The van der Waals surface area contributed by atoms with Gasteiger partial charge in [0.2, 0.25) is 11.8 Å². The molecule has 4 atom stereocenters. The lowest BCUT2D eigenvalue weighted by Gasteiger charge is -2.29. The van der Waals surface area contributed by atoms with Crippen LogP contribution in [0, 0.1) is 11.8 Å². The summed E-state index contributed by atoms with van der Waals surface area (Å²) in [4.78, 5) is 32.1. The second-order valence-electron chi connectivity index (χ2n) is 9.44. The van der Waals surface area contributed by atoms with Crippen LogP contribution in [0.3, 0.4) is 0 Å². The normalized spacial score (nSPS) is 19.9. The van der Waals surface area contributed by atoms with Crippen LogP contribution in [0.2, 0.25) is 0 Å². The highest BCUT2D eigenvalue weighted by atomic mass is 16.3. The molecule has 0 radical (unpaired) electrons. The second kappa shape index (κ2) is 10.2. The zero-order valence-corrected chi connectivity index (χ0v) is 20.5. The molecule has 3 heterocycles. The molecule has 0 saturated carbocycles. The molecule has 1 saturated heterocycles. The number of nitrogens with zero attached hydrogens (tertiary/aromatic N) is 4. The Morgan fingerprint density at radius 1 is 1.26 bits per heavy atom. The Bertz CT molecular complexity index is 1200. The number of aromatic nitrogens is 3. The molecule has 10 heteroatoms. The van der Waals surface area contributed by atoms with Gasteiger partial charge in [-0.05, 0) is 25.0 Å². The molecule has 10 nitrogen and oxygen atoms in total. The summed E-state index contributed by atoms with van der Waals surface area (Å²) in [6.07, 6.45) is 2.43. The number of likely N-dealkylation sites (tertiary alicyclic amines) is 1. The van der Waals surface area contributed by atoms with Crippen LogP contribution in [0.15, 0.2) is 35.2 Å². The molecular formula is C25H33N5O5. The summed E-state index contributed by atoms with van der Waals surface area (Å²) in [7, 11) is 0. The molecule has 2 aromatic heterocycles. The highest BCUT2D eigenvalue weighted by Gasteiger charge is 2.41. The van der Waals surface area contributed by atoms with E-state index in [1.54, 1.807) is 6.20 Å². The van der Waals surface area contributed by atoms with Crippen LogP contribution in [0.4, 0.5) is 0 Å².